The highest BCUT2D eigenvalue weighted by Crippen LogP contribution is 2.53. The average Bonchev–Trinajstić information content (AvgIpc) is 3.15. The first-order chi connectivity index (χ1) is 14.1. The first kappa shape index (κ1) is 18.4. The van der Waals surface area contributed by atoms with E-state index in [1.165, 1.54) is 11.1 Å². The fraction of sp³-hybridized carbons (Fsp3) is 0.500. The molecule has 0 bridgehead atoms. The number of aryl methyl sites for hydroxylation is 1. The SMILES string of the molecule is Cc1ccccc1C1(C2N=C(c3ccnn3C3CCC(C(=O)O)CC3)ON2)CC1. The number of rotatable bonds is 5. The number of carboxylic acids is 1. The first-order valence-electron chi connectivity index (χ1n) is 10.4. The van der Waals surface area contributed by atoms with Crippen molar-refractivity contribution in [3.8, 4) is 0 Å². The summed E-state index contributed by atoms with van der Waals surface area (Å²) in [7, 11) is 0. The largest absolute Gasteiger partial charge is 0.481 e. The van der Waals surface area contributed by atoms with Gasteiger partial charge in [0.25, 0.3) is 5.90 Å². The lowest BCUT2D eigenvalue weighted by molar-refractivity contribution is -0.143. The van der Waals surface area contributed by atoms with Gasteiger partial charge in [-0.05, 0) is 62.6 Å². The highest BCUT2D eigenvalue weighted by atomic mass is 16.7. The minimum atomic E-state index is -0.689. The highest BCUT2D eigenvalue weighted by Gasteiger charge is 2.54. The van der Waals surface area contributed by atoms with Gasteiger partial charge < -0.3 is 9.94 Å². The molecule has 2 aromatic rings. The second-order valence-corrected chi connectivity index (χ2v) is 8.53. The molecule has 5 rings (SSSR count). The van der Waals surface area contributed by atoms with Crippen LogP contribution in [0, 0.1) is 12.8 Å². The van der Waals surface area contributed by atoms with Crippen LogP contribution in [0.5, 0.6) is 0 Å². The highest BCUT2D eigenvalue weighted by molar-refractivity contribution is 5.93. The van der Waals surface area contributed by atoms with Crippen LogP contribution in [0.4, 0.5) is 0 Å². The Morgan fingerprint density at radius 2 is 1.97 bits per heavy atom. The van der Waals surface area contributed by atoms with E-state index in [9.17, 15) is 9.90 Å². The molecule has 2 aliphatic carbocycles. The van der Waals surface area contributed by atoms with Crippen molar-refractivity contribution >= 4 is 11.9 Å². The van der Waals surface area contributed by atoms with Gasteiger partial charge in [0.15, 0.2) is 0 Å². The number of benzene rings is 1. The minimum Gasteiger partial charge on any atom is -0.481 e. The van der Waals surface area contributed by atoms with Crippen LogP contribution in [-0.2, 0) is 15.0 Å². The number of carboxylic acid groups (broad SMARTS) is 1. The monoisotopic (exact) mass is 394 g/mol. The molecule has 2 fully saturated rings. The topological polar surface area (TPSA) is 88.7 Å². The van der Waals surface area contributed by atoms with Gasteiger partial charge in [0, 0.05) is 11.6 Å². The Balaban J connectivity index is 1.37. The van der Waals surface area contributed by atoms with E-state index in [0.717, 1.165) is 31.4 Å². The summed E-state index contributed by atoms with van der Waals surface area (Å²) in [5.41, 5.74) is 6.64. The number of hydroxylamine groups is 1. The third-order valence-corrected chi connectivity index (χ3v) is 6.79. The maximum absolute atomic E-state index is 11.2. The van der Waals surface area contributed by atoms with E-state index >= 15 is 0 Å². The number of aliphatic imine (C=N–C) groups is 1. The lowest BCUT2D eigenvalue weighted by Gasteiger charge is -2.27. The van der Waals surface area contributed by atoms with Gasteiger partial charge in [-0.15, -0.1) is 5.48 Å². The van der Waals surface area contributed by atoms with Crippen molar-refractivity contribution in [2.45, 2.75) is 63.1 Å². The van der Waals surface area contributed by atoms with Gasteiger partial charge in [0.2, 0.25) is 0 Å². The molecule has 2 heterocycles. The van der Waals surface area contributed by atoms with Crippen molar-refractivity contribution in [3.63, 3.8) is 0 Å². The Hall–Kier alpha value is -2.67. The van der Waals surface area contributed by atoms with Crippen LogP contribution in [0.1, 0.15) is 61.4 Å². The molecular formula is C22H26N4O3. The molecule has 1 aromatic carbocycles. The van der Waals surface area contributed by atoms with Crippen LogP contribution in [0.25, 0.3) is 0 Å². The zero-order valence-corrected chi connectivity index (χ0v) is 16.5. The van der Waals surface area contributed by atoms with E-state index in [1.807, 2.05) is 10.7 Å². The Kier molecular flexibility index (Phi) is 4.42. The summed E-state index contributed by atoms with van der Waals surface area (Å²) in [6.45, 7) is 2.15. The van der Waals surface area contributed by atoms with E-state index < -0.39 is 5.97 Å². The zero-order valence-electron chi connectivity index (χ0n) is 16.5. The average molecular weight is 394 g/mol. The molecule has 29 heavy (non-hydrogen) atoms. The van der Waals surface area contributed by atoms with E-state index in [-0.39, 0.29) is 23.5 Å². The number of hydrogen-bond donors (Lipinski definition) is 2. The maximum atomic E-state index is 11.2. The van der Waals surface area contributed by atoms with Gasteiger partial charge in [-0.25, -0.2) is 4.99 Å². The third kappa shape index (κ3) is 3.13. The molecule has 1 unspecified atom stereocenters. The van der Waals surface area contributed by atoms with Crippen molar-refractivity contribution in [3.05, 3.63) is 53.3 Å². The van der Waals surface area contributed by atoms with Crippen LogP contribution >= 0.6 is 0 Å². The van der Waals surface area contributed by atoms with Gasteiger partial charge in [-0.1, -0.05) is 24.3 Å². The molecule has 2 saturated carbocycles. The Morgan fingerprint density at radius 1 is 1.21 bits per heavy atom. The summed E-state index contributed by atoms with van der Waals surface area (Å²) in [4.78, 5) is 22.0. The Labute approximate surface area is 169 Å². The second kappa shape index (κ2) is 6.99. The van der Waals surface area contributed by atoms with Crippen molar-refractivity contribution in [1.82, 2.24) is 15.3 Å². The molecule has 3 aliphatic rings. The summed E-state index contributed by atoms with van der Waals surface area (Å²) in [5, 5.41) is 13.7. The predicted octanol–water partition coefficient (Wildman–Crippen LogP) is 3.35. The molecule has 0 radical (unpaired) electrons. The van der Waals surface area contributed by atoms with Crippen molar-refractivity contribution in [1.29, 1.82) is 0 Å². The van der Waals surface area contributed by atoms with Gasteiger partial charge in [0.05, 0.1) is 12.0 Å². The van der Waals surface area contributed by atoms with Crippen LogP contribution in [0.3, 0.4) is 0 Å². The fourth-order valence-corrected chi connectivity index (χ4v) is 4.93. The molecule has 152 valence electrons. The number of nitrogens with one attached hydrogen (secondary N) is 1. The molecule has 0 spiro atoms. The van der Waals surface area contributed by atoms with E-state index in [4.69, 9.17) is 9.83 Å². The molecule has 0 saturated heterocycles. The lowest BCUT2D eigenvalue weighted by Crippen LogP contribution is -2.34. The summed E-state index contributed by atoms with van der Waals surface area (Å²) in [6, 6.07) is 10.6. The summed E-state index contributed by atoms with van der Waals surface area (Å²) < 4.78 is 1.97. The quantitative estimate of drug-likeness (QED) is 0.812. The number of hydrogen-bond acceptors (Lipinski definition) is 5. The fourth-order valence-electron chi connectivity index (χ4n) is 4.93. The number of nitrogens with zero attached hydrogens (tertiary/aromatic N) is 3. The standard InChI is InChI=1S/C22H26N4O3/c1-14-4-2-3-5-17(14)22(11-12-22)21-24-19(29-25-21)18-10-13-23-26(18)16-8-6-15(7-9-16)20(27)28/h2-5,10,13,15-16,21,25H,6-9,11-12H2,1H3,(H,27,28). The van der Waals surface area contributed by atoms with Crippen LogP contribution in [0.15, 0.2) is 41.5 Å². The number of carbonyl (C=O) groups is 1. The van der Waals surface area contributed by atoms with E-state index in [1.54, 1.807) is 6.20 Å². The van der Waals surface area contributed by atoms with Crippen LogP contribution < -0.4 is 5.48 Å². The van der Waals surface area contributed by atoms with E-state index in [0.29, 0.717) is 18.7 Å². The summed E-state index contributed by atoms with van der Waals surface area (Å²) >= 11 is 0. The van der Waals surface area contributed by atoms with Crippen LogP contribution in [0.2, 0.25) is 0 Å². The third-order valence-electron chi connectivity index (χ3n) is 6.79. The van der Waals surface area contributed by atoms with Crippen molar-refractivity contribution < 1.29 is 14.7 Å². The molecule has 1 aliphatic heterocycles. The lowest BCUT2D eigenvalue weighted by atomic mass is 9.86. The van der Waals surface area contributed by atoms with Gasteiger partial charge in [-0.2, -0.15) is 5.10 Å². The molecule has 7 heteroatoms. The summed E-state index contributed by atoms with van der Waals surface area (Å²) in [6.07, 6.45) is 6.83. The number of aliphatic carboxylic acids is 1. The van der Waals surface area contributed by atoms with Gasteiger partial charge in [-0.3, -0.25) is 9.48 Å². The molecule has 1 aromatic heterocycles. The summed E-state index contributed by atoms with van der Waals surface area (Å²) in [5.74, 6) is -0.349. The Morgan fingerprint density at radius 3 is 2.66 bits per heavy atom. The molecule has 0 amide bonds. The minimum absolute atomic E-state index is 0.00249. The molecular weight excluding hydrogens is 368 g/mol. The first-order valence-corrected chi connectivity index (χ1v) is 10.4. The van der Waals surface area contributed by atoms with Crippen molar-refractivity contribution in [2.24, 2.45) is 10.9 Å². The van der Waals surface area contributed by atoms with Crippen molar-refractivity contribution in [2.75, 3.05) is 0 Å². The zero-order chi connectivity index (χ0) is 20.0. The van der Waals surface area contributed by atoms with Crippen LogP contribution in [-0.4, -0.2) is 32.9 Å². The Bertz CT molecular complexity index is 954. The van der Waals surface area contributed by atoms with Gasteiger partial charge in [0.1, 0.15) is 11.9 Å². The molecule has 7 nitrogen and oxygen atoms in total. The smallest absolute Gasteiger partial charge is 0.306 e. The molecule has 2 N–H and O–H groups in total. The van der Waals surface area contributed by atoms with E-state index in [2.05, 4.69) is 41.8 Å². The molecule has 1 atom stereocenters. The van der Waals surface area contributed by atoms with Gasteiger partial charge >= 0.3 is 5.97 Å². The maximum Gasteiger partial charge on any atom is 0.306 e. The second-order valence-electron chi connectivity index (χ2n) is 8.53. The predicted molar refractivity (Wildman–Crippen MR) is 107 cm³/mol. The number of aromatic nitrogens is 2. The normalized spacial score (nSPS) is 27.9.